The third-order valence-electron chi connectivity index (χ3n) is 0.924. The first-order chi connectivity index (χ1) is 4.31. The van der Waals surface area contributed by atoms with Gasteiger partial charge in [0.1, 0.15) is 0 Å². The topological polar surface area (TPSA) is 69.1 Å². The first-order valence-corrected chi connectivity index (χ1v) is 2.92. The lowest BCUT2D eigenvalue weighted by Gasteiger charge is -1.89. The number of unbranched alkanes of at least 4 members (excludes halogenated alkanes) is 1. The maximum atomic E-state index is 9.87. The molecule has 0 saturated carbocycles. The molecular formula is C6H12N2O. The summed E-state index contributed by atoms with van der Waals surface area (Å²) < 4.78 is 0. The van der Waals surface area contributed by atoms with Gasteiger partial charge in [-0.15, -0.1) is 0 Å². The van der Waals surface area contributed by atoms with Crippen LogP contribution in [-0.2, 0) is 4.79 Å². The maximum absolute atomic E-state index is 9.87. The SMILES string of the molecule is NCCC/C=C(\N)C=O. The molecule has 0 aliphatic carbocycles. The third-order valence-corrected chi connectivity index (χ3v) is 0.924. The van der Waals surface area contributed by atoms with Crippen molar-refractivity contribution < 1.29 is 4.79 Å². The zero-order chi connectivity index (χ0) is 7.11. The minimum Gasteiger partial charge on any atom is -0.396 e. The molecule has 0 fully saturated rings. The Morgan fingerprint density at radius 2 is 2.22 bits per heavy atom. The Hall–Kier alpha value is -0.830. The lowest BCUT2D eigenvalue weighted by Crippen LogP contribution is -2.00. The van der Waals surface area contributed by atoms with E-state index in [1.807, 2.05) is 0 Å². The van der Waals surface area contributed by atoms with E-state index in [0.717, 1.165) is 12.8 Å². The van der Waals surface area contributed by atoms with Gasteiger partial charge in [-0.2, -0.15) is 0 Å². The average molecular weight is 128 g/mol. The summed E-state index contributed by atoms with van der Waals surface area (Å²) in [6, 6.07) is 0. The summed E-state index contributed by atoms with van der Waals surface area (Å²) >= 11 is 0. The minimum absolute atomic E-state index is 0.295. The normalized spacial score (nSPS) is 11.4. The second kappa shape index (κ2) is 5.31. The van der Waals surface area contributed by atoms with Gasteiger partial charge in [0, 0.05) is 0 Å². The lowest BCUT2D eigenvalue weighted by atomic mass is 10.3. The molecule has 4 N–H and O–H groups in total. The molecule has 0 saturated heterocycles. The summed E-state index contributed by atoms with van der Waals surface area (Å²) in [5, 5.41) is 0. The highest BCUT2D eigenvalue weighted by Crippen LogP contribution is 1.88. The zero-order valence-corrected chi connectivity index (χ0v) is 5.34. The van der Waals surface area contributed by atoms with Crippen molar-refractivity contribution in [3.63, 3.8) is 0 Å². The number of aldehydes is 1. The second-order valence-electron chi connectivity index (χ2n) is 1.75. The molecule has 0 aliphatic heterocycles. The number of nitrogens with two attached hydrogens (primary N) is 2. The molecule has 3 heteroatoms. The fourth-order valence-corrected chi connectivity index (χ4v) is 0.435. The molecule has 52 valence electrons. The molecule has 0 bridgehead atoms. The van der Waals surface area contributed by atoms with Crippen LogP contribution < -0.4 is 11.5 Å². The van der Waals surface area contributed by atoms with Crippen molar-refractivity contribution in [2.75, 3.05) is 6.54 Å². The van der Waals surface area contributed by atoms with Crippen LogP contribution in [0.25, 0.3) is 0 Å². The highest BCUT2D eigenvalue weighted by atomic mass is 16.1. The van der Waals surface area contributed by atoms with E-state index in [0.29, 0.717) is 18.5 Å². The van der Waals surface area contributed by atoms with Crippen LogP contribution in [0.15, 0.2) is 11.8 Å². The highest BCUT2D eigenvalue weighted by Gasteiger charge is 1.82. The molecular weight excluding hydrogens is 116 g/mol. The van der Waals surface area contributed by atoms with Crippen molar-refractivity contribution in [2.24, 2.45) is 11.5 Å². The first kappa shape index (κ1) is 8.17. The third kappa shape index (κ3) is 5.03. The molecule has 0 heterocycles. The Kier molecular flexibility index (Phi) is 4.82. The summed E-state index contributed by atoms with van der Waals surface area (Å²) in [5.74, 6) is 0. The summed E-state index contributed by atoms with van der Waals surface area (Å²) in [6.07, 6.45) is 3.99. The molecule has 0 spiro atoms. The lowest BCUT2D eigenvalue weighted by molar-refractivity contribution is -0.105. The van der Waals surface area contributed by atoms with Crippen molar-refractivity contribution in [1.29, 1.82) is 0 Å². The van der Waals surface area contributed by atoms with E-state index in [-0.39, 0.29) is 0 Å². The van der Waals surface area contributed by atoms with Crippen LogP contribution in [-0.4, -0.2) is 12.8 Å². The maximum Gasteiger partial charge on any atom is 0.165 e. The largest absolute Gasteiger partial charge is 0.396 e. The van der Waals surface area contributed by atoms with E-state index in [1.54, 1.807) is 6.08 Å². The van der Waals surface area contributed by atoms with Gasteiger partial charge in [0.25, 0.3) is 0 Å². The van der Waals surface area contributed by atoms with E-state index in [9.17, 15) is 4.79 Å². The van der Waals surface area contributed by atoms with Gasteiger partial charge in [-0.05, 0) is 19.4 Å². The van der Waals surface area contributed by atoms with Crippen LogP contribution in [0.3, 0.4) is 0 Å². The fraction of sp³-hybridized carbons (Fsp3) is 0.500. The van der Waals surface area contributed by atoms with Gasteiger partial charge in [0.05, 0.1) is 5.70 Å². The zero-order valence-electron chi connectivity index (χ0n) is 5.34. The van der Waals surface area contributed by atoms with Crippen molar-refractivity contribution in [3.05, 3.63) is 11.8 Å². The van der Waals surface area contributed by atoms with Crippen LogP contribution in [0.2, 0.25) is 0 Å². The van der Waals surface area contributed by atoms with Crippen molar-refractivity contribution in [1.82, 2.24) is 0 Å². The van der Waals surface area contributed by atoms with Gasteiger partial charge < -0.3 is 11.5 Å². The van der Waals surface area contributed by atoms with Crippen LogP contribution in [0, 0.1) is 0 Å². The summed E-state index contributed by atoms with van der Waals surface area (Å²) in [5.41, 5.74) is 10.7. The van der Waals surface area contributed by atoms with E-state index in [4.69, 9.17) is 11.5 Å². The molecule has 0 rings (SSSR count). The number of carbonyl (C=O) groups is 1. The summed E-state index contributed by atoms with van der Waals surface area (Å²) in [4.78, 5) is 9.87. The Bertz CT molecular complexity index is 110. The van der Waals surface area contributed by atoms with Gasteiger partial charge in [0.2, 0.25) is 0 Å². The quantitative estimate of drug-likeness (QED) is 0.312. The molecule has 0 radical (unpaired) electrons. The number of rotatable bonds is 4. The molecule has 0 aliphatic rings. The van der Waals surface area contributed by atoms with E-state index >= 15 is 0 Å². The Labute approximate surface area is 54.7 Å². The standard InChI is InChI=1S/C6H12N2O/c7-4-2-1-3-6(8)5-9/h3,5H,1-2,4,7-8H2/b6-3-. The molecule has 3 nitrogen and oxygen atoms in total. The van der Waals surface area contributed by atoms with Gasteiger partial charge in [0.15, 0.2) is 6.29 Å². The first-order valence-electron chi connectivity index (χ1n) is 2.92. The van der Waals surface area contributed by atoms with Gasteiger partial charge in [-0.25, -0.2) is 0 Å². The van der Waals surface area contributed by atoms with E-state index in [2.05, 4.69) is 0 Å². The Morgan fingerprint density at radius 1 is 1.56 bits per heavy atom. The van der Waals surface area contributed by atoms with E-state index in [1.165, 1.54) is 0 Å². The molecule has 0 unspecified atom stereocenters. The van der Waals surface area contributed by atoms with E-state index < -0.39 is 0 Å². The Balaban J connectivity index is 3.31. The van der Waals surface area contributed by atoms with Crippen molar-refractivity contribution in [3.8, 4) is 0 Å². The van der Waals surface area contributed by atoms with Crippen LogP contribution in [0.5, 0.6) is 0 Å². The number of allylic oxidation sites excluding steroid dienone is 2. The van der Waals surface area contributed by atoms with Crippen molar-refractivity contribution in [2.45, 2.75) is 12.8 Å². The van der Waals surface area contributed by atoms with Crippen molar-refractivity contribution >= 4 is 6.29 Å². The smallest absolute Gasteiger partial charge is 0.165 e. The molecule has 0 atom stereocenters. The summed E-state index contributed by atoms with van der Waals surface area (Å²) in [7, 11) is 0. The van der Waals surface area contributed by atoms with Gasteiger partial charge in [-0.1, -0.05) is 6.08 Å². The number of hydrogen-bond acceptors (Lipinski definition) is 3. The molecule has 0 aromatic carbocycles. The fourth-order valence-electron chi connectivity index (χ4n) is 0.435. The molecule has 9 heavy (non-hydrogen) atoms. The van der Waals surface area contributed by atoms with Crippen LogP contribution in [0.1, 0.15) is 12.8 Å². The van der Waals surface area contributed by atoms with Crippen LogP contribution >= 0.6 is 0 Å². The van der Waals surface area contributed by atoms with Gasteiger partial charge >= 0.3 is 0 Å². The summed E-state index contributed by atoms with van der Waals surface area (Å²) in [6.45, 7) is 0.642. The highest BCUT2D eigenvalue weighted by molar-refractivity contribution is 5.71. The molecule has 0 aromatic heterocycles. The molecule has 0 aromatic rings. The monoisotopic (exact) mass is 128 g/mol. The minimum atomic E-state index is 0.295. The average Bonchev–Trinajstić information content (AvgIpc) is 1.89. The van der Waals surface area contributed by atoms with Gasteiger partial charge in [-0.3, -0.25) is 4.79 Å². The predicted octanol–water partition coefficient (Wildman–Crippen LogP) is -0.233. The number of hydrogen-bond donors (Lipinski definition) is 2. The second-order valence-corrected chi connectivity index (χ2v) is 1.75. The molecule has 0 amide bonds. The Morgan fingerprint density at radius 3 is 2.67 bits per heavy atom. The van der Waals surface area contributed by atoms with Crippen LogP contribution in [0.4, 0.5) is 0 Å². The number of carbonyl (C=O) groups excluding carboxylic acids is 1. The predicted molar refractivity (Wildman–Crippen MR) is 36.6 cm³/mol.